The van der Waals surface area contributed by atoms with E-state index in [9.17, 15) is 13.2 Å². The van der Waals surface area contributed by atoms with E-state index in [-0.39, 0.29) is 22.2 Å². The summed E-state index contributed by atoms with van der Waals surface area (Å²) in [5.74, 6) is 0. The van der Waals surface area contributed by atoms with E-state index in [0.29, 0.717) is 0 Å². The molecule has 2 N–H and O–H groups in total. The van der Waals surface area contributed by atoms with Gasteiger partial charge >= 0.3 is 6.18 Å². The Labute approximate surface area is 88.6 Å². The minimum Gasteiger partial charge on any atom is -0.326 e. The molecule has 0 aromatic heterocycles. The molecule has 0 bridgehead atoms. The lowest BCUT2D eigenvalue weighted by Gasteiger charge is -2.13. The molecule has 0 aliphatic heterocycles. The van der Waals surface area contributed by atoms with Gasteiger partial charge in [-0.25, -0.2) is 0 Å². The maximum atomic E-state index is 12.4. The molecule has 0 radical (unpaired) electrons. The number of halogens is 5. The van der Waals surface area contributed by atoms with E-state index < -0.39 is 11.7 Å². The monoisotopic (exact) mass is 243 g/mol. The highest BCUT2D eigenvalue weighted by Crippen LogP contribution is 2.37. The van der Waals surface area contributed by atoms with Gasteiger partial charge in [0.1, 0.15) is 0 Å². The second-order valence-corrected chi connectivity index (χ2v) is 3.37. The molecule has 1 aromatic carbocycles. The van der Waals surface area contributed by atoms with E-state index >= 15 is 0 Å². The van der Waals surface area contributed by atoms with Gasteiger partial charge in [-0.3, -0.25) is 0 Å². The molecule has 0 amide bonds. The van der Waals surface area contributed by atoms with Crippen molar-refractivity contribution in [2.75, 3.05) is 0 Å². The quantitative estimate of drug-likeness (QED) is 0.804. The maximum absolute atomic E-state index is 12.4. The zero-order valence-corrected chi connectivity index (χ0v) is 8.34. The third-order valence-electron chi connectivity index (χ3n) is 1.71. The van der Waals surface area contributed by atoms with Crippen molar-refractivity contribution in [2.45, 2.75) is 12.7 Å². The molecule has 0 aliphatic rings. The molecule has 1 nitrogen and oxygen atoms in total. The first-order valence-electron chi connectivity index (χ1n) is 3.62. The van der Waals surface area contributed by atoms with E-state index in [0.717, 1.165) is 12.1 Å². The van der Waals surface area contributed by atoms with Crippen LogP contribution >= 0.6 is 23.2 Å². The number of rotatable bonds is 1. The summed E-state index contributed by atoms with van der Waals surface area (Å²) in [7, 11) is 0. The van der Waals surface area contributed by atoms with Gasteiger partial charge in [0, 0.05) is 6.54 Å². The second kappa shape index (κ2) is 3.96. The molecular formula is C8H6Cl2F3N. The van der Waals surface area contributed by atoms with E-state index in [1.165, 1.54) is 0 Å². The molecule has 0 aliphatic carbocycles. The second-order valence-electron chi connectivity index (χ2n) is 2.59. The van der Waals surface area contributed by atoms with Crippen LogP contribution in [0.3, 0.4) is 0 Å². The number of benzene rings is 1. The molecule has 0 spiro atoms. The lowest BCUT2D eigenvalue weighted by molar-refractivity contribution is -0.138. The Morgan fingerprint density at radius 3 is 2.21 bits per heavy atom. The summed E-state index contributed by atoms with van der Waals surface area (Å²) in [4.78, 5) is 0. The van der Waals surface area contributed by atoms with Crippen LogP contribution in [0, 0.1) is 0 Å². The fraction of sp³-hybridized carbons (Fsp3) is 0.250. The normalized spacial score (nSPS) is 11.9. The van der Waals surface area contributed by atoms with Gasteiger partial charge in [-0.15, -0.1) is 0 Å². The predicted octanol–water partition coefficient (Wildman–Crippen LogP) is 3.47. The van der Waals surface area contributed by atoms with Crippen molar-refractivity contribution in [3.05, 3.63) is 33.3 Å². The Morgan fingerprint density at radius 2 is 1.79 bits per heavy atom. The van der Waals surface area contributed by atoms with Crippen LogP contribution in [0.15, 0.2) is 12.1 Å². The fourth-order valence-corrected chi connectivity index (χ4v) is 1.48. The lowest BCUT2D eigenvalue weighted by atomic mass is 10.1. The van der Waals surface area contributed by atoms with E-state index in [2.05, 4.69) is 0 Å². The van der Waals surface area contributed by atoms with Crippen molar-refractivity contribution in [3.63, 3.8) is 0 Å². The minimum atomic E-state index is -4.46. The summed E-state index contributed by atoms with van der Waals surface area (Å²) < 4.78 is 37.2. The summed E-state index contributed by atoms with van der Waals surface area (Å²) in [6, 6.07) is 1.97. The van der Waals surface area contributed by atoms with Crippen LogP contribution in [0.4, 0.5) is 13.2 Å². The van der Waals surface area contributed by atoms with Gasteiger partial charge in [-0.2, -0.15) is 13.2 Å². The molecule has 0 saturated heterocycles. The van der Waals surface area contributed by atoms with E-state index in [1.54, 1.807) is 0 Å². The third kappa shape index (κ3) is 2.13. The highest BCUT2D eigenvalue weighted by Gasteiger charge is 2.34. The molecule has 78 valence electrons. The molecule has 1 rings (SSSR count). The van der Waals surface area contributed by atoms with Crippen LogP contribution in [0.1, 0.15) is 11.1 Å². The molecule has 1 aromatic rings. The standard InChI is InChI=1S/C8H6Cl2F3N/c9-6-2-1-5(8(11,12)13)4(3-14)7(6)10/h1-2H,3,14H2. The number of nitrogens with two attached hydrogens (primary N) is 1. The van der Waals surface area contributed by atoms with Crippen molar-refractivity contribution < 1.29 is 13.2 Å². The Bertz CT molecular complexity index is 349. The number of hydrogen-bond donors (Lipinski definition) is 1. The van der Waals surface area contributed by atoms with Gasteiger partial charge in [0.05, 0.1) is 15.6 Å². The zero-order chi connectivity index (χ0) is 10.9. The molecule has 6 heteroatoms. The average molecular weight is 244 g/mol. The van der Waals surface area contributed by atoms with Gasteiger partial charge in [0.25, 0.3) is 0 Å². The zero-order valence-electron chi connectivity index (χ0n) is 6.83. The van der Waals surface area contributed by atoms with Crippen LogP contribution in [-0.2, 0) is 12.7 Å². The van der Waals surface area contributed by atoms with Crippen LogP contribution in [0.5, 0.6) is 0 Å². The lowest BCUT2D eigenvalue weighted by Crippen LogP contribution is -2.12. The first kappa shape index (κ1) is 11.6. The van der Waals surface area contributed by atoms with Crippen molar-refractivity contribution >= 4 is 23.2 Å². The van der Waals surface area contributed by atoms with Gasteiger partial charge in [-0.1, -0.05) is 23.2 Å². The van der Waals surface area contributed by atoms with Crippen LogP contribution < -0.4 is 5.73 Å². The van der Waals surface area contributed by atoms with Crippen molar-refractivity contribution in [3.8, 4) is 0 Å². The minimum absolute atomic E-state index is 0.0696. The average Bonchev–Trinajstić information content (AvgIpc) is 2.07. The molecular weight excluding hydrogens is 238 g/mol. The Morgan fingerprint density at radius 1 is 1.21 bits per heavy atom. The summed E-state index contributed by atoms with van der Waals surface area (Å²) in [6.45, 7) is -0.297. The van der Waals surface area contributed by atoms with Crippen LogP contribution in [0.25, 0.3) is 0 Å². The smallest absolute Gasteiger partial charge is 0.326 e. The molecule has 0 fully saturated rings. The third-order valence-corrected chi connectivity index (χ3v) is 2.55. The Kier molecular flexibility index (Phi) is 3.29. The molecule has 0 saturated carbocycles. The SMILES string of the molecule is NCc1c(C(F)(F)F)ccc(Cl)c1Cl. The maximum Gasteiger partial charge on any atom is 0.416 e. The predicted molar refractivity (Wildman–Crippen MR) is 49.4 cm³/mol. The first-order valence-corrected chi connectivity index (χ1v) is 4.37. The van der Waals surface area contributed by atoms with Crippen molar-refractivity contribution in [1.82, 2.24) is 0 Å². The number of alkyl halides is 3. The summed E-state index contributed by atoms with van der Waals surface area (Å²) >= 11 is 11.2. The van der Waals surface area contributed by atoms with Crippen LogP contribution in [0.2, 0.25) is 10.0 Å². The summed E-state index contributed by atoms with van der Waals surface area (Å²) in [5, 5.41) is -0.0656. The highest BCUT2D eigenvalue weighted by atomic mass is 35.5. The molecule has 14 heavy (non-hydrogen) atoms. The molecule has 0 heterocycles. The fourth-order valence-electron chi connectivity index (χ4n) is 1.06. The van der Waals surface area contributed by atoms with Crippen molar-refractivity contribution in [1.29, 1.82) is 0 Å². The Hall–Kier alpha value is -0.450. The first-order chi connectivity index (χ1) is 6.38. The topological polar surface area (TPSA) is 26.0 Å². The number of hydrogen-bond acceptors (Lipinski definition) is 1. The molecule has 0 atom stereocenters. The van der Waals surface area contributed by atoms with E-state index in [4.69, 9.17) is 28.9 Å². The largest absolute Gasteiger partial charge is 0.416 e. The van der Waals surface area contributed by atoms with Gasteiger partial charge < -0.3 is 5.73 Å². The van der Waals surface area contributed by atoms with Gasteiger partial charge in [-0.05, 0) is 17.7 Å². The summed E-state index contributed by atoms with van der Waals surface area (Å²) in [5.41, 5.74) is 4.16. The van der Waals surface area contributed by atoms with Gasteiger partial charge in [0.15, 0.2) is 0 Å². The highest BCUT2D eigenvalue weighted by molar-refractivity contribution is 6.42. The Balaban J connectivity index is 3.39. The summed E-state index contributed by atoms with van der Waals surface area (Å²) in [6.07, 6.45) is -4.46. The van der Waals surface area contributed by atoms with Gasteiger partial charge in [0.2, 0.25) is 0 Å². The van der Waals surface area contributed by atoms with E-state index in [1.807, 2.05) is 0 Å². The van der Waals surface area contributed by atoms with Crippen molar-refractivity contribution in [2.24, 2.45) is 5.73 Å². The van der Waals surface area contributed by atoms with Crippen LogP contribution in [-0.4, -0.2) is 0 Å². The molecule has 0 unspecified atom stereocenters.